The Morgan fingerprint density at radius 3 is 2.50 bits per heavy atom. The van der Waals surface area contributed by atoms with E-state index in [0.29, 0.717) is 30.3 Å². The molecule has 26 heavy (non-hydrogen) atoms. The number of fused-ring (bicyclic) bond motifs is 3. The van der Waals surface area contributed by atoms with Crippen LogP contribution in [0.25, 0.3) is 0 Å². The summed E-state index contributed by atoms with van der Waals surface area (Å²) in [6.07, 6.45) is 0.735. The zero-order valence-corrected chi connectivity index (χ0v) is 15.5. The maximum atomic E-state index is 13.7. The number of carbonyl (C=O) groups is 1. The normalized spacial score (nSPS) is 52.9. The molecule has 0 aliphatic heterocycles. The van der Waals surface area contributed by atoms with Crippen LogP contribution in [0.4, 0.5) is 13.2 Å². The minimum Gasteiger partial charge on any atom is -0.393 e. The van der Waals surface area contributed by atoms with Crippen molar-refractivity contribution >= 4 is 5.78 Å². The highest BCUT2D eigenvalue weighted by Gasteiger charge is 2.78. The van der Waals surface area contributed by atoms with E-state index in [1.165, 1.54) is 0 Å². The quantitative estimate of drug-likeness (QED) is 0.666. The third-order valence-corrected chi connectivity index (χ3v) is 9.53. The number of rotatable bonds is 0. The number of ketones is 1. The van der Waals surface area contributed by atoms with E-state index in [-0.39, 0.29) is 29.3 Å². The van der Waals surface area contributed by atoms with Gasteiger partial charge in [0.2, 0.25) is 0 Å². The van der Waals surface area contributed by atoms with Crippen molar-refractivity contribution in [3.63, 3.8) is 0 Å². The van der Waals surface area contributed by atoms with Crippen molar-refractivity contribution in [3.8, 4) is 0 Å². The monoisotopic (exact) mass is 368 g/mol. The van der Waals surface area contributed by atoms with E-state index < -0.39 is 22.9 Å². The third-order valence-electron chi connectivity index (χ3n) is 9.53. The number of aliphatic hydroxyl groups excluding tert-OH is 1. The largest absolute Gasteiger partial charge is 0.419 e. The average molecular weight is 368 g/mol. The fourth-order valence-corrected chi connectivity index (χ4v) is 8.25. The molecule has 5 aliphatic rings. The summed E-state index contributed by atoms with van der Waals surface area (Å²) >= 11 is 0. The van der Waals surface area contributed by atoms with Crippen LogP contribution in [0, 0.1) is 34.0 Å². The number of allylic oxidation sites excluding steroid dienone is 1. The Labute approximate surface area is 152 Å². The smallest absolute Gasteiger partial charge is 0.393 e. The van der Waals surface area contributed by atoms with Gasteiger partial charge in [0.05, 0.1) is 11.7 Å². The predicted octanol–water partition coefficient (Wildman–Crippen LogP) is 4.81. The van der Waals surface area contributed by atoms with E-state index in [1.807, 2.05) is 6.92 Å². The van der Waals surface area contributed by atoms with Gasteiger partial charge in [-0.15, -0.1) is 0 Å². The van der Waals surface area contributed by atoms with E-state index in [2.05, 4.69) is 6.92 Å². The molecule has 5 rings (SSSR count). The van der Waals surface area contributed by atoms with Crippen LogP contribution in [0.1, 0.15) is 65.2 Å². The van der Waals surface area contributed by atoms with Gasteiger partial charge >= 0.3 is 6.18 Å². The van der Waals surface area contributed by atoms with E-state index in [9.17, 15) is 23.1 Å². The van der Waals surface area contributed by atoms with Crippen molar-refractivity contribution in [1.82, 2.24) is 0 Å². The number of aliphatic hydroxyl groups is 1. The maximum absolute atomic E-state index is 13.7. The summed E-state index contributed by atoms with van der Waals surface area (Å²) in [5.41, 5.74) is -0.844. The SMILES string of the molecule is C[C@]12CCC(=O)C(C(F)(F)F)=C1CC[C@@H]1[C@@H]2CC[C@]2(C)C(O)C[C@@H]3C[C@]312. The molecule has 0 aromatic heterocycles. The van der Waals surface area contributed by atoms with E-state index in [0.717, 1.165) is 32.1 Å². The second-order valence-corrected chi connectivity index (χ2v) is 10.1. The molecule has 1 unspecified atom stereocenters. The first kappa shape index (κ1) is 17.3. The van der Waals surface area contributed by atoms with Crippen molar-refractivity contribution in [3.05, 3.63) is 11.1 Å². The van der Waals surface area contributed by atoms with Crippen molar-refractivity contribution in [2.75, 3.05) is 0 Å². The van der Waals surface area contributed by atoms with Gasteiger partial charge in [-0.05, 0) is 84.5 Å². The van der Waals surface area contributed by atoms with Gasteiger partial charge < -0.3 is 5.11 Å². The Morgan fingerprint density at radius 1 is 1.08 bits per heavy atom. The molecular formula is C21H27F3O2. The molecule has 0 amide bonds. The molecule has 0 aromatic rings. The van der Waals surface area contributed by atoms with Crippen LogP contribution >= 0.6 is 0 Å². The van der Waals surface area contributed by atoms with Crippen molar-refractivity contribution < 1.29 is 23.1 Å². The third kappa shape index (κ3) is 1.77. The molecule has 0 radical (unpaired) electrons. The van der Waals surface area contributed by atoms with E-state index >= 15 is 0 Å². The lowest BCUT2D eigenvalue weighted by Crippen LogP contribution is -2.54. The van der Waals surface area contributed by atoms with Gasteiger partial charge in [0.15, 0.2) is 5.78 Å². The zero-order chi connectivity index (χ0) is 18.7. The summed E-state index contributed by atoms with van der Waals surface area (Å²) in [6, 6.07) is 0. The predicted molar refractivity (Wildman–Crippen MR) is 90.1 cm³/mol. The first-order valence-electron chi connectivity index (χ1n) is 10.1. The molecule has 0 bridgehead atoms. The lowest BCUT2D eigenvalue weighted by Gasteiger charge is -2.59. The Balaban J connectivity index is 1.60. The molecule has 4 saturated carbocycles. The highest BCUT2D eigenvalue weighted by molar-refractivity contribution is 5.98. The fourth-order valence-electron chi connectivity index (χ4n) is 8.25. The van der Waals surface area contributed by atoms with Crippen LogP contribution < -0.4 is 0 Å². The molecule has 1 N–H and O–H groups in total. The summed E-state index contributed by atoms with van der Waals surface area (Å²) in [6.45, 7) is 4.22. The van der Waals surface area contributed by atoms with Gasteiger partial charge in [0, 0.05) is 6.42 Å². The Kier molecular flexibility index (Phi) is 3.16. The topological polar surface area (TPSA) is 37.3 Å². The second kappa shape index (κ2) is 4.76. The molecule has 1 spiro atoms. The molecule has 144 valence electrons. The summed E-state index contributed by atoms with van der Waals surface area (Å²) in [4.78, 5) is 12.1. The molecular weight excluding hydrogens is 341 g/mol. The van der Waals surface area contributed by atoms with Crippen LogP contribution in [0.15, 0.2) is 11.1 Å². The molecule has 5 aliphatic carbocycles. The number of hydrogen-bond acceptors (Lipinski definition) is 2. The number of hydrogen-bond donors (Lipinski definition) is 1. The Bertz CT molecular complexity index is 725. The highest BCUT2D eigenvalue weighted by Crippen LogP contribution is 2.82. The van der Waals surface area contributed by atoms with Crippen LogP contribution in [0.3, 0.4) is 0 Å². The van der Waals surface area contributed by atoms with Crippen LogP contribution in [0.5, 0.6) is 0 Å². The first-order chi connectivity index (χ1) is 12.1. The molecule has 2 nitrogen and oxygen atoms in total. The lowest BCUT2D eigenvalue weighted by atomic mass is 9.45. The highest BCUT2D eigenvalue weighted by atomic mass is 19.4. The van der Waals surface area contributed by atoms with Crippen LogP contribution in [-0.2, 0) is 4.79 Å². The number of alkyl halides is 3. The van der Waals surface area contributed by atoms with E-state index in [4.69, 9.17) is 0 Å². The van der Waals surface area contributed by atoms with Gasteiger partial charge in [-0.2, -0.15) is 13.2 Å². The number of Topliss-reactive ketones (excluding diaryl/α,β-unsaturated/α-hetero) is 1. The molecule has 0 heterocycles. The van der Waals surface area contributed by atoms with Gasteiger partial charge in [-0.1, -0.05) is 13.8 Å². The van der Waals surface area contributed by atoms with Crippen LogP contribution in [-0.4, -0.2) is 23.2 Å². The standard InChI is InChI=1S/C21H27F3O2/c1-18-7-6-15(25)17(21(22,23)24)14(18)4-3-13-12(18)5-8-19(2)16(26)9-11-10-20(11,13)19/h11-13,16,26H,3-10H2,1-2H3/t11-,12+,13-,16?,18-,19-,20+/m1/s1. The molecule has 5 heteroatoms. The minimum atomic E-state index is -4.53. The Morgan fingerprint density at radius 2 is 1.81 bits per heavy atom. The molecule has 4 fully saturated rings. The second-order valence-electron chi connectivity index (χ2n) is 10.1. The average Bonchev–Trinajstić information content (AvgIpc) is 3.20. The molecule has 0 saturated heterocycles. The van der Waals surface area contributed by atoms with Gasteiger partial charge in [0.25, 0.3) is 0 Å². The molecule has 0 aromatic carbocycles. The zero-order valence-electron chi connectivity index (χ0n) is 15.5. The van der Waals surface area contributed by atoms with E-state index in [1.54, 1.807) is 0 Å². The van der Waals surface area contributed by atoms with Crippen molar-refractivity contribution in [2.45, 2.75) is 77.5 Å². The minimum absolute atomic E-state index is 0.0222. The summed E-state index contributed by atoms with van der Waals surface area (Å²) in [7, 11) is 0. The molecule has 7 atom stereocenters. The van der Waals surface area contributed by atoms with Gasteiger partial charge in [0.1, 0.15) is 0 Å². The summed E-state index contributed by atoms with van der Waals surface area (Å²) in [5, 5.41) is 10.6. The van der Waals surface area contributed by atoms with Crippen molar-refractivity contribution in [2.24, 2.45) is 34.0 Å². The van der Waals surface area contributed by atoms with Gasteiger partial charge in [-0.25, -0.2) is 0 Å². The summed E-state index contributed by atoms with van der Waals surface area (Å²) < 4.78 is 41.0. The number of carbonyl (C=O) groups excluding carboxylic acids is 1. The van der Waals surface area contributed by atoms with Crippen molar-refractivity contribution in [1.29, 1.82) is 0 Å². The maximum Gasteiger partial charge on any atom is 0.419 e. The first-order valence-corrected chi connectivity index (χ1v) is 10.1. The van der Waals surface area contributed by atoms with Gasteiger partial charge in [-0.3, -0.25) is 4.79 Å². The Hall–Kier alpha value is -0.840. The number of halogens is 3. The van der Waals surface area contributed by atoms with Crippen LogP contribution in [0.2, 0.25) is 0 Å². The lowest BCUT2D eigenvalue weighted by molar-refractivity contribution is -0.137. The summed E-state index contributed by atoms with van der Waals surface area (Å²) in [5.74, 6) is 0.472. The fraction of sp³-hybridized carbons (Fsp3) is 0.857.